The van der Waals surface area contributed by atoms with Crippen LogP contribution in [-0.4, -0.2) is 16.5 Å². The van der Waals surface area contributed by atoms with Gasteiger partial charge in [0.2, 0.25) is 0 Å². The molecule has 0 atom stereocenters. The van der Waals surface area contributed by atoms with Gasteiger partial charge in [0.25, 0.3) is 0 Å². The van der Waals surface area contributed by atoms with Crippen LogP contribution < -0.4 is 10.1 Å². The number of hydrogen-bond donors (Lipinski definition) is 1. The minimum absolute atomic E-state index is 0.498. The molecule has 2 heterocycles. The zero-order chi connectivity index (χ0) is 14.5. The Morgan fingerprint density at radius 2 is 2.05 bits per heavy atom. The van der Waals surface area contributed by atoms with Crippen molar-refractivity contribution in [2.45, 2.75) is 13.5 Å². The van der Waals surface area contributed by atoms with Crippen molar-refractivity contribution in [3.63, 3.8) is 0 Å². The average molecular weight is 279 g/mol. The topological polar surface area (TPSA) is 47.0 Å². The Hall–Kier alpha value is -2.62. The van der Waals surface area contributed by atoms with Gasteiger partial charge in [-0.15, -0.1) is 0 Å². The summed E-state index contributed by atoms with van der Waals surface area (Å²) in [5.41, 5.74) is 1.98. The zero-order valence-electron chi connectivity index (χ0n) is 11.9. The van der Waals surface area contributed by atoms with E-state index in [4.69, 9.17) is 4.74 Å². The Kier molecular flexibility index (Phi) is 3.96. The van der Waals surface area contributed by atoms with Crippen LogP contribution in [0.3, 0.4) is 0 Å². The molecule has 106 valence electrons. The Labute approximate surface area is 123 Å². The SMILES string of the molecule is CCNc1ccc(COc2ccc3cccnc3c2)cn1. The molecule has 0 bridgehead atoms. The third-order valence-electron chi connectivity index (χ3n) is 3.17. The van der Waals surface area contributed by atoms with Crippen LogP contribution in [-0.2, 0) is 6.61 Å². The van der Waals surface area contributed by atoms with Crippen LogP contribution in [0.25, 0.3) is 10.9 Å². The quantitative estimate of drug-likeness (QED) is 0.774. The summed E-state index contributed by atoms with van der Waals surface area (Å²) in [6.07, 6.45) is 3.62. The van der Waals surface area contributed by atoms with E-state index in [0.717, 1.165) is 34.6 Å². The molecule has 3 rings (SSSR count). The van der Waals surface area contributed by atoms with E-state index in [1.165, 1.54) is 0 Å². The molecule has 1 N–H and O–H groups in total. The number of rotatable bonds is 5. The summed E-state index contributed by atoms with van der Waals surface area (Å²) in [6, 6.07) is 13.9. The molecule has 0 aliphatic heterocycles. The lowest BCUT2D eigenvalue weighted by atomic mass is 10.2. The first-order valence-corrected chi connectivity index (χ1v) is 7.01. The molecule has 0 unspecified atom stereocenters. The highest BCUT2D eigenvalue weighted by atomic mass is 16.5. The van der Waals surface area contributed by atoms with Crippen LogP contribution in [0, 0.1) is 0 Å². The zero-order valence-corrected chi connectivity index (χ0v) is 11.9. The fourth-order valence-corrected chi connectivity index (χ4v) is 2.10. The van der Waals surface area contributed by atoms with E-state index in [0.29, 0.717) is 6.61 Å². The van der Waals surface area contributed by atoms with Gasteiger partial charge in [-0.05, 0) is 31.2 Å². The highest BCUT2D eigenvalue weighted by Crippen LogP contribution is 2.19. The highest BCUT2D eigenvalue weighted by Gasteiger charge is 2.00. The second kappa shape index (κ2) is 6.22. The molecule has 0 radical (unpaired) electrons. The monoisotopic (exact) mass is 279 g/mol. The van der Waals surface area contributed by atoms with Crippen LogP contribution >= 0.6 is 0 Å². The molecule has 0 fully saturated rings. The van der Waals surface area contributed by atoms with Crippen molar-refractivity contribution in [1.82, 2.24) is 9.97 Å². The van der Waals surface area contributed by atoms with Crippen LogP contribution in [0.4, 0.5) is 5.82 Å². The minimum Gasteiger partial charge on any atom is -0.489 e. The minimum atomic E-state index is 0.498. The second-order valence-corrected chi connectivity index (χ2v) is 4.73. The molecular formula is C17H17N3O. The predicted octanol–water partition coefficient (Wildman–Crippen LogP) is 3.64. The predicted molar refractivity (Wildman–Crippen MR) is 84.5 cm³/mol. The molecule has 2 aromatic heterocycles. The van der Waals surface area contributed by atoms with Gasteiger partial charge < -0.3 is 10.1 Å². The van der Waals surface area contributed by atoms with E-state index < -0.39 is 0 Å². The van der Waals surface area contributed by atoms with Gasteiger partial charge in [0.1, 0.15) is 18.2 Å². The summed E-state index contributed by atoms with van der Waals surface area (Å²) in [6.45, 7) is 3.41. The van der Waals surface area contributed by atoms with E-state index >= 15 is 0 Å². The first kappa shape index (κ1) is 13.4. The summed E-state index contributed by atoms with van der Waals surface area (Å²) < 4.78 is 5.80. The van der Waals surface area contributed by atoms with Crippen LogP contribution in [0.2, 0.25) is 0 Å². The fraction of sp³-hybridized carbons (Fsp3) is 0.176. The molecule has 0 amide bonds. The van der Waals surface area contributed by atoms with Crippen molar-refractivity contribution >= 4 is 16.7 Å². The number of ether oxygens (including phenoxy) is 1. The van der Waals surface area contributed by atoms with Crippen molar-refractivity contribution in [2.75, 3.05) is 11.9 Å². The number of nitrogens with zero attached hydrogens (tertiary/aromatic N) is 2. The van der Waals surface area contributed by atoms with E-state index in [2.05, 4.69) is 15.3 Å². The highest BCUT2D eigenvalue weighted by molar-refractivity contribution is 5.79. The van der Waals surface area contributed by atoms with Gasteiger partial charge in [-0.3, -0.25) is 4.98 Å². The lowest BCUT2D eigenvalue weighted by Crippen LogP contribution is -2.01. The summed E-state index contributed by atoms with van der Waals surface area (Å²) >= 11 is 0. The summed E-state index contributed by atoms with van der Waals surface area (Å²) in [5, 5.41) is 4.28. The van der Waals surface area contributed by atoms with Crippen LogP contribution in [0.1, 0.15) is 12.5 Å². The maximum Gasteiger partial charge on any atom is 0.125 e. The molecule has 0 saturated heterocycles. The molecule has 4 nitrogen and oxygen atoms in total. The smallest absolute Gasteiger partial charge is 0.125 e. The number of hydrogen-bond acceptors (Lipinski definition) is 4. The van der Waals surface area contributed by atoms with E-state index in [-0.39, 0.29) is 0 Å². The molecule has 21 heavy (non-hydrogen) atoms. The molecule has 3 aromatic rings. The normalized spacial score (nSPS) is 10.5. The van der Waals surface area contributed by atoms with Gasteiger partial charge in [-0.25, -0.2) is 4.98 Å². The number of benzene rings is 1. The maximum absolute atomic E-state index is 5.80. The Morgan fingerprint density at radius 3 is 2.86 bits per heavy atom. The van der Waals surface area contributed by atoms with Gasteiger partial charge in [0.15, 0.2) is 0 Å². The first-order chi connectivity index (χ1) is 10.3. The molecule has 0 spiro atoms. The van der Waals surface area contributed by atoms with Gasteiger partial charge >= 0.3 is 0 Å². The number of pyridine rings is 2. The van der Waals surface area contributed by atoms with Crippen molar-refractivity contribution in [2.24, 2.45) is 0 Å². The third kappa shape index (κ3) is 3.28. The van der Waals surface area contributed by atoms with Crippen LogP contribution in [0.5, 0.6) is 5.75 Å². The molecule has 1 aromatic carbocycles. The van der Waals surface area contributed by atoms with Crippen molar-refractivity contribution in [3.8, 4) is 5.75 Å². The Morgan fingerprint density at radius 1 is 1.10 bits per heavy atom. The third-order valence-corrected chi connectivity index (χ3v) is 3.17. The number of aromatic nitrogens is 2. The molecule has 0 aliphatic carbocycles. The summed E-state index contributed by atoms with van der Waals surface area (Å²) in [5.74, 6) is 1.70. The lowest BCUT2D eigenvalue weighted by Gasteiger charge is -2.08. The Balaban J connectivity index is 1.68. The fourth-order valence-electron chi connectivity index (χ4n) is 2.10. The molecule has 4 heteroatoms. The van der Waals surface area contributed by atoms with Crippen molar-refractivity contribution in [3.05, 3.63) is 60.4 Å². The number of nitrogens with one attached hydrogen (secondary N) is 1. The molecular weight excluding hydrogens is 262 g/mol. The van der Waals surface area contributed by atoms with Gasteiger partial charge in [0.05, 0.1) is 5.52 Å². The standard InChI is InChI=1S/C17H17N3O/c1-2-18-17-8-5-13(11-20-17)12-21-15-7-6-14-4-3-9-19-16(14)10-15/h3-11H,2,12H2,1H3,(H,18,20). The molecule has 0 aliphatic rings. The number of anilines is 1. The number of fused-ring (bicyclic) bond motifs is 1. The van der Waals surface area contributed by atoms with Crippen molar-refractivity contribution in [1.29, 1.82) is 0 Å². The van der Waals surface area contributed by atoms with E-state index in [9.17, 15) is 0 Å². The van der Waals surface area contributed by atoms with Gasteiger partial charge in [-0.1, -0.05) is 12.1 Å². The lowest BCUT2D eigenvalue weighted by molar-refractivity contribution is 0.306. The summed E-state index contributed by atoms with van der Waals surface area (Å²) in [4.78, 5) is 8.66. The first-order valence-electron chi connectivity index (χ1n) is 7.01. The van der Waals surface area contributed by atoms with E-state index in [1.807, 2.05) is 55.6 Å². The van der Waals surface area contributed by atoms with E-state index in [1.54, 1.807) is 6.20 Å². The van der Waals surface area contributed by atoms with Crippen LogP contribution in [0.15, 0.2) is 54.9 Å². The van der Waals surface area contributed by atoms with Crippen molar-refractivity contribution < 1.29 is 4.74 Å². The maximum atomic E-state index is 5.80. The average Bonchev–Trinajstić information content (AvgIpc) is 2.54. The largest absolute Gasteiger partial charge is 0.489 e. The van der Waals surface area contributed by atoms with Gasteiger partial charge in [-0.2, -0.15) is 0 Å². The van der Waals surface area contributed by atoms with Gasteiger partial charge in [0, 0.05) is 36.0 Å². The summed E-state index contributed by atoms with van der Waals surface area (Å²) in [7, 11) is 0. The molecule has 0 saturated carbocycles. The Bertz CT molecular complexity index is 725. The second-order valence-electron chi connectivity index (χ2n) is 4.73.